The number of rotatable bonds is 5. The minimum atomic E-state index is 0.558. The molecule has 96 valence electrons. The molecule has 0 aliphatic carbocycles. The van der Waals surface area contributed by atoms with E-state index in [1.165, 1.54) is 0 Å². The normalized spacial score (nSPS) is 19.5. The van der Waals surface area contributed by atoms with E-state index in [2.05, 4.69) is 29.0 Å². The van der Waals surface area contributed by atoms with Crippen LogP contribution in [0.3, 0.4) is 0 Å². The van der Waals surface area contributed by atoms with Gasteiger partial charge in [-0.25, -0.2) is 4.98 Å². The molecule has 5 heteroatoms. The fraction of sp³-hybridized carbons (Fsp3) is 0.750. The van der Waals surface area contributed by atoms with Crippen molar-refractivity contribution in [3.63, 3.8) is 0 Å². The highest BCUT2D eigenvalue weighted by atomic mass is 32.1. The molecule has 1 aromatic rings. The van der Waals surface area contributed by atoms with Crippen LogP contribution in [0.25, 0.3) is 0 Å². The molecule has 1 fully saturated rings. The number of aromatic nitrogens is 1. The molecule has 1 aliphatic heterocycles. The third kappa shape index (κ3) is 3.66. The van der Waals surface area contributed by atoms with Crippen molar-refractivity contribution in [2.75, 3.05) is 38.2 Å². The lowest BCUT2D eigenvalue weighted by Crippen LogP contribution is -2.49. The second-order valence-corrected chi connectivity index (χ2v) is 5.57. The maximum Gasteiger partial charge on any atom is 0.182 e. The van der Waals surface area contributed by atoms with Gasteiger partial charge < -0.3 is 10.1 Å². The van der Waals surface area contributed by atoms with Crippen molar-refractivity contribution < 1.29 is 4.74 Å². The van der Waals surface area contributed by atoms with E-state index < -0.39 is 0 Å². The van der Waals surface area contributed by atoms with Gasteiger partial charge in [0.15, 0.2) is 5.13 Å². The van der Waals surface area contributed by atoms with Crippen LogP contribution in [0.4, 0.5) is 5.13 Å². The Hall–Kier alpha value is -0.650. The molecule has 1 N–H and O–H groups in total. The highest BCUT2D eigenvalue weighted by Crippen LogP contribution is 2.16. The first-order valence-electron chi connectivity index (χ1n) is 6.22. The summed E-state index contributed by atoms with van der Waals surface area (Å²) in [7, 11) is 0. The maximum atomic E-state index is 5.41. The topological polar surface area (TPSA) is 37.4 Å². The summed E-state index contributed by atoms with van der Waals surface area (Å²) >= 11 is 1.66. The molecular formula is C12H21N3OS. The van der Waals surface area contributed by atoms with Gasteiger partial charge in [0, 0.05) is 37.3 Å². The van der Waals surface area contributed by atoms with Crippen molar-refractivity contribution in [3.8, 4) is 0 Å². The highest BCUT2D eigenvalue weighted by Gasteiger charge is 2.23. The lowest BCUT2D eigenvalue weighted by molar-refractivity contribution is 0.00955. The molecule has 0 radical (unpaired) electrons. The van der Waals surface area contributed by atoms with Gasteiger partial charge in [-0.1, -0.05) is 13.8 Å². The minimum absolute atomic E-state index is 0.558. The Balaban J connectivity index is 1.87. The average molecular weight is 255 g/mol. The quantitative estimate of drug-likeness (QED) is 0.872. The van der Waals surface area contributed by atoms with Crippen LogP contribution in [0.15, 0.2) is 11.6 Å². The van der Waals surface area contributed by atoms with Crippen LogP contribution >= 0.6 is 11.3 Å². The Morgan fingerprint density at radius 2 is 2.24 bits per heavy atom. The molecule has 1 atom stereocenters. The van der Waals surface area contributed by atoms with Crippen molar-refractivity contribution in [1.29, 1.82) is 0 Å². The van der Waals surface area contributed by atoms with E-state index >= 15 is 0 Å². The summed E-state index contributed by atoms with van der Waals surface area (Å²) in [6, 6.07) is 0.558. The van der Waals surface area contributed by atoms with Crippen LogP contribution in [0.1, 0.15) is 13.8 Å². The molecular weight excluding hydrogens is 234 g/mol. The molecule has 1 saturated heterocycles. The van der Waals surface area contributed by atoms with Crippen molar-refractivity contribution in [3.05, 3.63) is 11.6 Å². The summed E-state index contributed by atoms with van der Waals surface area (Å²) < 4.78 is 5.41. The van der Waals surface area contributed by atoms with Crippen LogP contribution < -0.4 is 5.32 Å². The van der Waals surface area contributed by atoms with Crippen LogP contribution in [-0.2, 0) is 4.74 Å². The standard InChI is InChI=1S/C12H21N3OS/c1-10(2)11(15-4-6-16-7-5-15)9-14-12-13-3-8-17-12/h3,8,10-11H,4-7,9H2,1-2H3,(H,13,14)/t11-/m0/s1. The molecule has 0 spiro atoms. The van der Waals surface area contributed by atoms with Crippen LogP contribution in [0.2, 0.25) is 0 Å². The summed E-state index contributed by atoms with van der Waals surface area (Å²) in [5, 5.41) is 6.45. The van der Waals surface area contributed by atoms with Crippen molar-refractivity contribution in [1.82, 2.24) is 9.88 Å². The molecule has 2 heterocycles. The molecule has 2 rings (SSSR count). The smallest absolute Gasteiger partial charge is 0.182 e. The predicted molar refractivity (Wildman–Crippen MR) is 71.6 cm³/mol. The van der Waals surface area contributed by atoms with E-state index in [9.17, 15) is 0 Å². The van der Waals surface area contributed by atoms with Crippen LogP contribution in [0, 0.1) is 5.92 Å². The van der Waals surface area contributed by atoms with Crippen molar-refractivity contribution in [2.24, 2.45) is 5.92 Å². The summed E-state index contributed by atoms with van der Waals surface area (Å²) in [5.41, 5.74) is 0. The molecule has 0 saturated carbocycles. The second-order valence-electron chi connectivity index (χ2n) is 4.68. The SMILES string of the molecule is CC(C)[C@H](CNc1nccs1)N1CCOCC1. The van der Waals surface area contributed by atoms with Gasteiger partial charge in [-0.05, 0) is 5.92 Å². The third-order valence-corrected chi connectivity index (χ3v) is 3.91. The Bertz CT molecular complexity index is 310. The fourth-order valence-electron chi connectivity index (χ4n) is 2.20. The summed E-state index contributed by atoms with van der Waals surface area (Å²) in [5.74, 6) is 0.639. The predicted octanol–water partition coefficient (Wildman–Crippen LogP) is 1.91. The first-order valence-corrected chi connectivity index (χ1v) is 7.10. The number of thiazole rings is 1. The van der Waals surface area contributed by atoms with Crippen molar-refractivity contribution in [2.45, 2.75) is 19.9 Å². The van der Waals surface area contributed by atoms with E-state index in [0.717, 1.165) is 38.0 Å². The molecule has 1 aromatic heterocycles. The summed E-state index contributed by atoms with van der Waals surface area (Å²) in [4.78, 5) is 6.78. The molecule has 0 aromatic carbocycles. The molecule has 0 unspecified atom stereocenters. The lowest BCUT2D eigenvalue weighted by atomic mass is 10.0. The monoisotopic (exact) mass is 255 g/mol. The van der Waals surface area contributed by atoms with E-state index in [-0.39, 0.29) is 0 Å². The number of anilines is 1. The molecule has 4 nitrogen and oxygen atoms in total. The number of hydrogen-bond donors (Lipinski definition) is 1. The third-order valence-electron chi connectivity index (χ3n) is 3.18. The fourth-order valence-corrected chi connectivity index (χ4v) is 2.74. The van der Waals surface area contributed by atoms with Crippen LogP contribution in [0.5, 0.6) is 0 Å². The summed E-state index contributed by atoms with van der Waals surface area (Å²) in [6.45, 7) is 9.34. The van der Waals surface area contributed by atoms with Gasteiger partial charge in [0.1, 0.15) is 0 Å². The van der Waals surface area contributed by atoms with Gasteiger partial charge in [-0.3, -0.25) is 4.90 Å². The van der Waals surface area contributed by atoms with E-state index in [4.69, 9.17) is 4.74 Å². The van der Waals surface area contributed by atoms with Gasteiger partial charge in [0.05, 0.1) is 13.2 Å². The Morgan fingerprint density at radius 1 is 1.47 bits per heavy atom. The van der Waals surface area contributed by atoms with Crippen molar-refractivity contribution >= 4 is 16.5 Å². The van der Waals surface area contributed by atoms with E-state index in [1.807, 2.05) is 11.6 Å². The summed E-state index contributed by atoms with van der Waals surface area (Å²) in [6.07, 6.45) is 1.84. The number of nitrogens with zero attached hydrogens (tertiary/aromatic N) is 2. The maximum absolute atomic E-state index is 5.41. The molecule has 0 bridgehead atoms. The second kappa shape index (κ2) is 6.33. The zero-order valence-corrected chi connectivity index (χ0v) is 11.4. The average Bonchev–Trinajstić information content (AvgIpc) is 2.83. The first-order chi connectivity index (χ1) is 8.27. The number of hydrogen-bond acceptors (Lipinski definition) is 5. The van der Waals surface area contributed by atoms with Gasteiger partial charge in [-0.15, -0.1) is 11.3 Å². The zero-order valence-electron chi connectivity index (χ0n) is 10.6. The highest BCUT2D eigenvalue weighted by molar-refractivity contribution is 7.13. The van der Waals surface area contributed by atoms with Gasteiger partial charge in [0.2, 0.25) is 0 Å². The number of nitrogens with one attached hydrogen (secondary N) is 1. The van der Waals surface area contributed by atoms with Gasteiger partial charge >= 0.3 is 0 Å². The van der Waals surface area contributed by atoms with Crippen LogP contribution in [-0.4, -0.2) is 48.8 Å². The van der Waals surface area contributed by atoms with Gasteiger partial charge in [0.25, 0.3) is 0 Å². The van der Waals surface area contributed by atoms with Gasteiger partial charge in [-0.2, -0.15) is 0 Å². The minimum Gasteiger partial charge on any atom is -0.379 e. The zero-order chi connectivity index (χ0) is 12.1. The molecule has 0 amide bonds. The largest absolute Gasteiger partial charge is 0.379 e. The molecule has 1 aliphatic rings. The number of morpholine rings is 1. The first kappa shape index (κ1) is 12.8. The number of ether oxygens (including phenoxy) is 1. The molecule has 17 heavy (non-hydrogen) atoms. The Morgan fingerprint density at radius 3 is 2.82 bits per heavy atom. The Labute approximate surface area is 107 Å². The lowest BCUT2D eigenvalue weighted by Gasteiger charge is -2.36. The van der Waals surface area contributed by atoms with E-state index in [1.54, 1.807) is 11.3 Å². The Kier molecular flexibility index (Phi) is 4.76. The van der Waals surface area contributed by atoms with E-state index in [0.29, 0.717) is 12.0 Å².